The molecule has 0 saturated heterocycles. The number of nitrogens with zero attached hydrogens (tertiary/aromatic N) is 4. The van der Waals surface area contributed by atoms with Crippen LogP contribution in [0.5, 0.6) is 0 Å². The summed E-state index contributed by atoms with van der Waals surface area (Å²) in [4.78, 5) is 14.9. The number of anilines is 1. The van der Waals surface area contributed by atoms with Crippen LogP contribution < -0.4 is 4.90 Å². The van der Waals surface area contributed by atoms with Crippen LogP contribution in [-0.2, 0) is 11.3 Å². The van der Waals surface area contributed by atoms with E-state index in [0.29, 0.717) is 41.9 Å². The molecule has 1 amide bonds. The van der Waals surface area contributed by atoms with Crippen LogP contribution in [0.3, 0.4) is 0 Å². The lowest BCUT2D eigenvalue weighted by Gasteiger charge is -2.21. The Hall–Kier alpha value is -2.70. The van der Waals surface area contributed by atoms with Gasteiger partial charge in [-0.1, -0.05) is 47.1 Å². The lowest BCUT2D eigenvalue weighted by atomic mass is 10.1. The molecule has 6 nitrogen and oxygen atoms in total. The Morgan fingerprint density at radius 3 is 2.65 bits per heavy atom. The van der Waals surface area contributed by atoms with Crippen LogP contribution in [-0.4, -0.2) is 34.1 Å². The molecule has 3 aromatic rings. The molecule has 0 radical (unpaired) electrons. The summed E-state index contributed by atoms with van der Waals surface area (Å²) in [6.45, 7) is 3.24. The van der Waals surface area contributed by atoms with Crippen LogP contribution in [0.15, 0.2) is 48.5 Å². The van der Waals surface area contributed by atoms with Gasteiger partial charge in [-0.25, -0.2) is 4.68 Å². The van der Waals surface area contributed by atoms with E-state index in [1.165, 1.54) is 0 Å². The molecule has 132 valence electrons. The Morgan fingerprint density at radius 1 is 1.12 bits per heavy atom. The van der Waals surface area contributed by atoms with Crippen molar-refractivity contribution in [3.05, 3.63) is 70.5 Å². The summed E-state index contributed by atoms with van der Waals surface area (Å²) in [7, 11) is 0. The van der Waals surface area contributed by atoms with E-state index in [2.05, 4.69) is 10.3 Å². The first-order chi connectivity index (χ1) is 12.7. The van der Waals surface area contributed by atoms with Gasteiger partial charge in [-0.05, 0) is 25.1 Å². The zero-order valence-corrected chi connectivity index (χ0v) is 15.0. The first-order valence-electron chi connectivity index (χ1n) is 8.31. The monoisotopic (exact) mass is 368 g/mol. The van der Waals surface area contributed by atoms with Gasteiger partial charge >= 0.3 is 0 Å². The maximum absolute atomic E-state index is 13.2. The highest BCUT2D eigenvalue weighted by Gasteiger charge is 2.27. The van der Waals surface area contributed by atoms with Gasteiger partial charge in [0, 0.05) is 17.8 Å². The van der Waals surface area contributed by atoms with Crippen LogP contribution in [0.1, 0.15) is 21.7 Å². The van der Waals surface area contributed by atoms with Crippen molar-refractivity contribution < 1.29 is 9.53 Å². The van der Waals surface area contributed by atoms with Crippen LogP contribution in [0.4, 0.5) is 5.69 Å². The van der Waals surface area contributed by atoms with Gasteiger partial charge in [-0.15, -0.1) is 5.10 Å². The zero-order chi connectivity index (χ0) is 18.1. The third-order valence-electron chi connectivity index (χ3n) is 4.42. The Morgan fingerprint density at radius 2 is 1.85 bits per heavy atom. The van der Waals surface area contributed by atoms with Crippen molar-refractivity contribution in [1.82, 2.24) is 15.0 Å². The van der Waals surface area contributed by atoms with Crippen molar-refractivity contribution in [2.75, 3.05) is 18.1 Å². The van der Waals surface area contributed by atoms with Crippen molar-refractivity contribution in [1.29, 1.82) is 0 Å². The first kappa shape index (κ1) is 16.8. The SMILES string of the molecule is Cc1c(C(=O)N2CCOCc3ccccc32)nnn1-c1ccccc1Cl. The number of fused-ring (bicyclic) bond motifs is 1. The molecule has 26 heavy (non-hydrogen) atoms. The van der Waals surface area contributed by atoms with Crippen molar-refractivity contribution in [2.45, 2.75) is 13.5 Å². The molecule has 1 aliphatic heterocycles. The highest BCUT2D eigenvalue weighted by Crippen LogP contribution is 2.27. The number of hydrogen-bond acceptors (Lipinski definition) is 4. The van der Waals surface area contributed by atoms with Crippen molar-refractivity contribution >= 4 is 23.2 Å². The summed E-state index contributed by atoms with van der Waals surface area (Å²) in [5, 5.41) is 8.83. The molecule has 2 heterocycles. The molecular formula is C19H17ClN4O2. The van der Waals surface area contributed by atoms with E-state index in [1.807, 2.05) is 49.4 Å². The Labute approximate surface area is 155 Å². The highest BCUT2D eigenvalue weighted by molar-refractivity contribution is 6.32. The van der Waals surface area contributed by atoms with E-state index in [-0.39, 0.29) is 5.91 Å². The first-order valence-corrected chi connectivity index (χ1v) is 8.69. The minimum Gasteiger partial charge on any atom is -0.375 e. The van der Waals surface area contributed by atoms with Crippen molar-refractivity contribution in [3.8, 4) is 5.69 Å². The molecule has 0 N–H and O–H groups in total. The minimum absolute atomic E-state index is 0.196. The summed E-state index contributed by atoms with van der Waals surface area (Å²) < 4.78 is 7.20. The van der Waals surface area contributed by atoms with Crippen LogP contribution in [0.25, 0.3) is 5.69 Å². The number of hydrogen-bond donors (Lipinski definition) is 0. The predicted octanol–water partition coefficient (Wildman–Crippen LogP) is 3.41. The van der Waals surface area contributed by atoms with E-state index in [1.54, 1.807) is 15.6 Å². The molecule has 7 heteroatoms. The number of benzene rings is 2. The lowest BCUT2D eigenvalue weighted by Crippen LogP contribution is -2.34. The number of rotatable bonds is 2. The average Bonchev–Trinajstić information content (AvgIpc) is 2.90. The predicted molar refractivity (Wildman–Crippen MR) is 98.9 cm³/mol. The fourth-order valence-corrected chi connectivity index (χ4v) is 3.29. The second kappa shape index (κ2) is 6.90. The van der Waals surface area contributed by atoms with E-state index >= 15 is 0 Å². The second-order valence-corrected chi connectivity index (χ2v) is 6.43. The summed E-state index contributed by atoms with van der Waals surface area (Å²) in [6.07, 6.45) is 0. The Balaban J connectivity index is 1.73. The molecule has 0 bridgehead atoms. The fourth-order valence-electron chi connectivity index (χ4n) is 3.07. The van der Waals surface area contributed by atoms with Crippen LogP contribution >= 0.6 is 11.6 Å². The third kappa shape index (κ3) is 2.87. The number of carbonyl (C=O) groups is 1. The maximum atomic E-state index is 13.2. The number of para-hydroxylation sites is 2. The number of amides is 1. The molecule has 1 aromatic heterocycles. The molecule has 2 aromatic carbocycles. The average molecular weight is 369 g/mol. The molecule has 0 unspecified atom stereocenters. The van der Waals surface area contributed by atoms with Gasteiger partial charge in [0.2, 0.25) is 0 Å². The zero-order valence-electron chi connectivity index (χ0n) is 14.2. The van der Waals surface area contributed by atoms with Gasteiger partial charge in [-0.2, -0.15) is 0 Å². The number of halogens is 1. The molecule has 4 rings (SSSR count). The third-order valence-corrected chi connectivity index (χ3v) is 4.74. The smallest absolute Gasteiger partial charge is 0.280 e. The summed E-state index contributed by atoms with van der Waals surface area (Å²) in [5.41, 5.74) is 3.47. The molecule has 0 saturated carbocycles. The largest absolute Gasteiger partial charge is 0.375 e. The van der Waals surface area contributed by atoms with E-state index in [4.69, 9.17) is 16.3 Å². The Kier molecular flexibility index (Phi) is 4.44. The Bertz CT molecular complexity index is 970. The number of ether oxygens (including phenoxy) is 1. The summed E-state index contributed by atoms with van der Waals surface area (Å²) in [5.74, 6) is -0.196. The number of aromatic nitrogens is 3. The van der Waals surface area contributed by atoms with Crippen LogP contribution in [0.2, 0.25) is 5.02 Å². The van der Waals surface area contributed by atoms with Gasteiger partial charge in [0.25, 0.3) is 5.91 Å². The van der Waals surface area contributed by atoms with E-state index in [0.717, 1.165) is 11.3 Å². The molecule has 0 fully saturated rings. The summed E-state index contributed by atoms with van der Waals surface area (Å²) >= 11 is 6.26. The van der Waals surface area contributed by atoms with Gasteiger partial charge < -0.3 is 9.64 Å². The van der Waals surface area contributed by atoms with Crippen LogP contribution in [0, 0.1) is 6.92 Å². The van der Waals surface area contributed by atoms with Gasteiger partial charge in [-0.3, -0.25) is 4.79 Å². The van der Waals surface area contributed by atoms with Crippen molar-refractivity contribution in [2.24, 2.45) is 0 Å². The lowest BCUT2D eigenvalue weighted by molar-refractivity contribution is 0.0960. The maximum Gasteiger partial charge on any atom is 0.280 e. The van der Waals surface area contributed by atoms with Gasteiger partial charge in [0.05, 0.1) is 29.6 Å². The molecular weight excluding hydrogens is 352 g/mol. The van der Waals surface area contributed by atoms with Gasteiger partial charge in [0.1, 0.15) is 0 Å². The topological polar surface area (TPSA) is 60.3 Å². The normalized spacial score (nSPS) is 14.0. The van der Waals surface area contributed by atoms with E-state index < -0.39 is 0 Å². The summed E-state index contributed by atoms with van der Waals surface area (Å²) in [6, 6.07) is 15.1. The molecule has 1 aliphatic rings. The highest BCUT2D eigenvalue weighted by atomic mass is 35.5. The molecule has 0 spiro atoms. The van der Waals surface area contributed by atoms with Gasteiger partial charge in [0.15, 0.2) is 5.69 Å². The fraction of sp³-hybridized carbons (Fsp3) is 0.211. The second-order valence-electron chi connectivity index (χ2n) is 6.02. The quantitative estimate of drug-likeness (QED) is 0.695. The standard InChI is InChI=1S/C19H17ClN4O2/c1-13-18(21-22-24(13)17-9-5-3-7-15(17)20)19(25)23-10-11-26-12-14-6-2-4-8-16(14)23/h2-9H,10-12H2,1H3. The minimum atomic E-state index is -0.196. The molecule has 0 atom stereocenters. The number of carbonyl (C=O) groups excluding carboxylic acids is 1. The van der Waals surface area contributed by atoms with Crippen molar-refractivity contribution in [3.63, 3.8) is 0 Å². The molecule has 0 aliphatic carbocycles. The van der Waals surface area contributed by atoms with E-state index in [9.17, 15) is 4.79 Å².